The van der Waals surface area contributed by atoms with E-state index >= 15 is 0 Å². The van der Waals surface area contributed by atoms with Gasteiger partial charge < -0.3 is 16.2 Å². The number of aromatic carboxylic acids is 1. The highest BCUT2D eigenvalue weighted by Gasteiger charge is 2.35. The van der Waals surface area contributed by atoms with Crippen LogP contribution in [0.25, 0.3) is 0 Å². The summed E-state index contributed by atoms with van der Waals surface area (Å²) in [6, 6.07) is 2.53. The Morgan fingerprint density at radius 3 is 2.47 bits per heavy atom. The predicted octanol–water partition coefficient (Wildman–Crippen LogP) is 1.75. The minimum atomic E-state index is -1.13. The van der Waals surface area contributed by atoms with Crippen molar-refractivity contribution in [2.24, 2.45) is 11.7 Å². The van der Waals surface area contributed by atoms with Crippen molar-refractivity contribution in [3.63, 3.8) is 0 Å². The number of hydrogen-bond donors (Lipinski definition) is 3. The van der Waals surface area contributed by atoms with Crippen LogP contribution < -0.4 is 11.1 Å². The zero-order valence-corrected chi connectivity index (χ0v) is 11.7. The number of carbonyl (C=O) groups excluding carboxylic acids is 1. The van der Waals surface area contributed by atoms with Crippen molar-refractivity contribution in [1.29, 1.82) is 0 Å². The molecular weight excluding hydrogens is 270 g/mol. The average Bonchev–Trinajstić information content (AvgIpc) is 2.27. The minimum absolute atomic E-state index is 0.0157. The lowest BCUT2D eigenvalue weighted by Gasteiger charge is -2.32. The van der Waals surface area contributed by atoms with Crippen molar-refractivity contribution in [1.82, 2.24) is 4.98 Å². The summed E-state index contributed by atoms with van der Waals surface area (Å²) in [4.78, 5) is 26.4. The van der Waals surface area contributed by atoms with Crippen LogP contribution in [0.2, 0.25) is 5.15 Å². The molecule has 0 bridgehead atoms. The summed E-state index contributed by atoms with van der Waals surface area (Å²) in [5.74, 6) is -1.60. The van der Waals surface area contributed by atoms with E-state index in [-0.39, 0.29) is 22.5 Å². The van der Waals surface area contributed by atoms with Crippen LogP contribution in [0.15, 0.2) is 12.1 Å². The van der Waals surface area contributed by atoms with E-state index in [0.717, 1.165) is 0 Å². The molecule has 19 heavy (non-hydrogen) atoms. The third-order valence-electron chi connectivity index (χ3n) is 3.10. The molecule has 0 aliphatic heterocycles. The third kappa shape index (κ3) is 3.35. The van der Waals surface area contributed by atoms with Crippen LogP contribution in [-0.4, -0.2) is 27.5 Å². The number of nitrogens with zero attached hydrogens (tertiary/aromatic N) is 1. The van der Waals surface area contributed by atoms with E-state index in [1.54, 1.807) is 6.92 Å². The highest BCUT2D eigenvalue weighted by Crippen LogP contribution is 2.23. The number of carboxylic acid groups (broad SMARTS) is 1. The molecule has 1 aromatic rings. The number of aromatic nitrogens is 1. The maximum Gasteiger partial charge on any atom is 0.335 e. The molecule has 1 heterocycles. The first kappa shape index (κ1) is 15.2. The zero-order chi connectivity index (χ0) is 14.8. The van der Waals surface area contributed by atoms with Crippen LogP contribution in [-0.2, 0) is 4.79 Å². The lowest BCUT2D eigenvalue weighted by atomic mass is 9.87. The van der Waals surface area contributed by atoms with E-state index in [1.165, 1.54) is 12.1 Å². The molecule has 0 saturated carbocycles. The Bertz CT molecular complexity index is 519. The van der Waals surface area contributed by atoms with E-state index in [1.807, 2.05) is 13.8 Å². The number of anilines is 1. The lowest BCUT2D eigenvalue weighted by molar-refractivity contribution is -0.123. The maximum absolute atomic E-state index is 11.6. The number of pyridine rings is 1. The van der Waals surface area contributed by atoms with Crippen LogP contribution in [0.3, 0.4) is 0 Å². The Morgan fingerprint density at radius 1 is 1.47 bits per heavy atom. The summed E-state index contributed by atoms with van der Waals surface area (Å²) in [5, 5.41) is 11.8. The molecule has 1 rings (SSSR count). The van der Waals surface area contributed by atoms with E-state index in [0.29, 0.717) is 0 Å². The van der Waals surface area contributed by atoms with Gasteiger partial charge in [-0.2, -0.15) is 0 Å². The minimum Gasteiger partial charge on any atom is -0.478 e. The van der Waals surface area contributed by atoms with Crippen molar-refractivity contribution in [3.05, 3.63) is 22.8 Å². The topological polar surface area (TPSA) is 105 Å². The first-order valence-corrected chi connectivity index (χ1v) is 6.03. The summed E-state index contributed by atoms with van der Waals surface area (Å²) >= 11 is 5.75. The van der Waals surface area contributed by atoms with Gasteiger partial charge in [0.25, 0.3) is 0 Å². The SMILES string of the molecule is CC(C)C(C)(Nc1cc(C(=O)O)cc(Cl)n1)C(N)=O. The highest BCUT2D eigenvalue weighted by molar-refractivity contribution is 6.29. The zero-order valence-electron chi connectivity index (χ0n) is 10.9. The number of halogens is 1. The third-order valence-corrected chi connectivity index (χ3v) is 3.29. The Kier molecular flexibility index (Phi) is 4.36. The first-order valence-electron chi connectivity index (χ1n) is 5.65. The van der Waals surface area contributed by atoms with Gasteiger partial charge in [-0.3, -0.25) is 4.79 Å². The number of carboxylic acids is 1. The van der Waals surface area contributed by atoms with E-state index in [2.05, 4.69) is 10.3 Å². The van der Waals surface area contributed by atoms with Gasteiger partial charge in [-0.1, -0.05) is 25.4 Å². The molecule has 0 aromatic carbocycles. The summed E-state index contributed by atoms with van der Waals surface area (Å²) in [6.07, 6.45) is 0. The van der Waals surface area contributed by atoms with Gasteiger partial charge in [0.1, 0.15) is 16.5 Å². The number of nitrogens with two attached hydrogens (primary N) is 1. The van der Waals surface area contributed by atoms with E-state index < -0.39 is 17.4 Å². The van der Waals surface area contributed by atoms with Crippen LogP contribution in [0.4, 0.5) is 5.82 Å². The fraction of sp³-hybridized carbons (Fsp3) is 0.417. The molecule has 1 amide bonds. The maximum atomic E-state index is 11.6. The van der Waals surface area contributed by atoms with E-state index in [4.69, 9.17) is 22.4 Å². The molecule has 104 valence electrons. The van der Waals surface area contributed by atoms with Crippen molar-refractivity contribution in [2.75, 3.05) is 5.32 Å². The second kappa shape index (κ2) is 5.44. The molecule has 1 aromatic heterocycles. The van der Waals surface area contributed by atoms with Gasteiger partial charge in [-0.05, 0) is 25.0 Å². The van der Waals surface area contributed by atoms with Crippen molar-refractivity contribution in [3.8, 4) is 0 Å². The quantitative estimate of drug-likeness (QED) is 0.715. The van der Waals surface area contributed by atoms with Crippen LogP contribution in [0, 0.1) is 5.92 Å². The second-order valence-corrected chi connectivity index (χ2v) is 5.10. The summed E-state index contributed by atoms with van der Waals surface area (Å²) in [5.41, 5.74) is 4.31. The molecule has 4 N–H and O–H groups in total. The molecule has 0 aliphatic rings. The molecule has 1 unspecified atom stereocenters. The largest absolute Gasteiger partial charge is 0.478 e. The Balaban J connectivity index is 3.17. The smallest absolute Gasteiger partial charge is 0.335 e. The number of amides is 1. The number of hydrogen-bond acceptors (Lipinski definition) is 4. The first-order chi connectivity index (χ1) is 8.66. The fourth-order valence-electron chi connectivity index (χ4n) is 1.44. The summed E-state index contributed by atoms with van der Waals surface area (Å²) in [7, 11) is 0. The van der Waals surface area contributed by atoms with Gasteiger partial charge in [0.2, 0.25) is 5.91 Å². The Hall–Kier alpha value is -1.82. The average molecular weight is 286 g/mol. The lowest BCUT2D eigenvalue weighted by Crippen LogP contribution is -2.52. The van der Waals surface area contributed by atoms with Gasteiger partial charge >= 0.3 is 5.97 Å². The van der Waals surface area contributed by atoms with Crippen LogP contribution >= 0.6 is 11.6 Å². The molecule has 7 heteroatoms. The summed E-state index contributed by atoms with van der Waals surface area (Å²) in [6.45, 7) is 5.27. The van der Waals surface area contributed by atoms with Gasteiger partial charge in [0, 0.05) is 0 Å². The van der Waals surface area contributed by atoms with Crippen molar-refractivity contribution >= 4 is 29.3 Å². The second-order valence-electron chi connectivity index (χ2n) is 4.72. The highest BCUT2D eigenvalue weighted by atomic mass is 35.5. The van der Waals surface area contributed by atoms with Gasteiger partial charge in [-0.25, -0.2) is 9.78 Å². The molecule has 0 spiro atoms. The molecule has 0 aliphatic carbocycles. The van der Waals surface area contributed by atoms with Crippen LogP contribution in [0.1, 0.15) is 31.1 Å². The van der Waals surface area contributed by atoms with E-state index in [9.17, 15) is 9.59 Å². The van der Waals surface area contributed by atoms with Gasteiger partial charge in [-0.15, -0.1) is 0 Å². The molecule has 0 saturated heterocycles. The number of carbonyl (C=O) groups is 2. The van der Waals surface area contributed by atoms with Crippen molar-refractivity contribution < 1.29 is 14.7 Å². The number of nitrogens with one attached hydrogen (secondary N) is 1. The predicted molar refractivity (Wildman–Crippen MR) is 72.3 cm³/mol. The Morgan fingerprint density at radius 2 is 2.05 bits per heavy atom. The van der Waals surface area contributed by atoms with Gasteiger partial charge in [0.05, 0.1) is 5.56 Å². The number of primary amides is 1. The normalized spacial score (nSPS) is 13.9. The molecule has 0 radical (unpaired) electrons. The Labute approximate surface area is 116 Å². The van der Waals surface area contributed by atoms with Crippen molar-refractivity contribution in [2.45, 2.75) is 26.3 Å². The number of rotatable bonds is 5. The molecule has 6 nitrogen and oxygen atoms in total. The monoisotopic (exact) mass is 285 g/mol. The van der Waals surface area contributed by atoms with Gasteiger partial charge in [0.15, 0.2) is 0 Å². The standard InChI is InChI=1S/C12H16ClN3O3/c1-6(2)12(3,11(14)19)16-9-5-7(10(17)18)4-8(13)15-9/h4-6H,1-3H3,(H2,14,19)(H,15,16)(H,17,18). The fourth-order valence-corrected chi connectivity index (χ4v) is 1.65. The van der Waals surface area contributed by atoms with Crippen LogP contribution in [0.5, 0.6) is 0 Å². The summed E-state index contributed by atoms with van der Waals surface area (Å²) < 4.78 is 0. The molecular formula is C12H16ClN3O3. The molecule has 1 atom stereocenters. The molecule has 0 fully saturated rings.